The van der Waals surface area contributed by atoms with Crippen LogP contribution in [-0.4, -0.2) is 38.5 Å². The average Bonchev–Trinajstić information content (AvgIpc) is 3.53. The van der Waals surface area contributed by atoms with Crippen molar-refractivity contribution in [2.75, 3.05) is 10.1 Å². The second kappa shape index (κ2) is 10.8. The number of hydrogen-bond acceptors (Lipinski definition) is 6. The van der Waals surface area contributed by atoms with Crippen LogP contribution >= 0.6 is 0 Å². The quantitative estimate of drug-likeness (QED) is 0.306. The van der Waals surface area contributed by atoms with Gasteiger partial charge in [0.05, 0.1) is 39.8 Å². The summed E-state index contributed by atoms with van der Waals surface area (Å²) in [5.41, 5.74) is 0.973. The Balaban J connectivity index is 1.47. The van der Waals surface area contributed by atoms with Crippen LogP contribution in [0.5, 0.6) is 0 Å². The molecule has 5 rings (SSSR count). The van der Waals surface area contributed by atoms with E-state index in [0.717, 1.165) is 28.1 Å². The van der Waals surface area contributed by atoms with Crippen molar-refractivity contribution in [3.05, 3.63) is 102 Å². The second-order valence-electron chi connectivity index (χ2n) is 9.34. The molecule has 0 bridgehead atoms. The molecular formula is C27H23F3N4O5S2. The maximum atomic E-state index is 13.3. The number of carbonyl (C=O) groups excluding carboxylic acids is 1. The highest BCUT2D eigenvalue weighted by Crippen LogP contribution is 2.32. The minimum absolute atomic E-state index is 0.000904. The van der Waals surface area contributed by atoms with Crippen LogP contribution in [0.3, 0.4) is 0 Å². The van der Waals surface area contributed by atoms with E-state index in [-0.39, 0.29) is 30.1 Å². The van der Waals surface area contributed by atoms with Gasteiger partial charge in [0.1, 0.15) is 5.82 Å². The van der Waals surface area contributed by atoms with Crippen molar-refractivity contribution < 1.29 is 34.8 Å². The van der Waals surface area contributed by atoms with E-state index >= 15 is 0 Å². The van der Waals surface area contributed by atoms with E-state index in [1.54, 1.807) is 12.1 Å². The van der Waals surface area contributed by atoms with Gasteiger partial charge in [0.2, 0.25) is 26.0 Å². The normalized spacial score (nSPS) is 16.2. The number of hydrogen-bond donors (Lipinski definition) is 2. The minimum Gasteiger partial charge on any atom is -0.341 e. The van der Waals surface area contributed by atoms with E-state index < -0.39 is 48.6 Å². The molecule has 2 heterocycles. The first kappa shape index (κ1) is 28.5. The van der Waals surface area contributed by atoms with Crippen molar-refractivity contribution in [2.24, 2.45) is 0 Å². The molecule has 1 atom stereocenters. The van der Waals surface area contributed by atoms with Crippen LogP contribution in [0.4, 0.5) is 18.9 Å². The van der Waals surface area contributed by atoms with E-state index in [2.05, 4.69) is 14.7 Å². The Bertz CT molecular complexity index is 1790. The third kappa shape index (κ3) is 6.19. The fourth-order valence-corrected chi connectivity index (χ4v) is 7.14. The lowest BCUT2D eigenvalue weighted by molar-refractivity contribution is -0.137. The number of carbonyl (C=O) groups is 1. The van der Waals surface area contributed by atoms with Crippen molar-refractivity contribution >= 4 is 31.6 Å². The fourth-order valence-electron chi connectivity index (χ4n) is 4.44. The Kier molecular flexibility index (Phi) is 7.48. The highest BCUT2D eigenvalue weighted by Gasteiger charge is 2.36. The third-order valence-electron chi connectivity index (χ3n) is 6.47. The number of rotatable bonds is 8. The number of nitrogens with one attached hydrogen (secondary N) is 2. The summed E-state index contributed by atoms with van der Waals surface area (Å²) in [5.74, 6) is -0.621. The maximum Gasteiger partial charge on any atom is 0.416 e. The van der Waals surface area contributed by atoms with E-state index in [4.69, 9.17) is 0 Å². The van der Waals surface area contributed by atoms with Gasteiger partial charge in [-0.05, 0) is 47.9 Å². The first-order valence-electron chi connectivity index (χ1n) is 12.3. The fraction of sp³-hybridized carbons (Fsp3) is 0.185. The number of anilines is 1. The Morgan fingerprint density at radius 3 is 2.34 bits per heavy atom. The Morgan fingerprint density at radius 2 is 1.71 bits per heavy atom. The van der Waals surface area contributed by atoms with Gasteiger partial charge in [0.25, 0.3) is 0 Å². The SMILES string of the molecule is O=C1CCS(=O)(=O)N1c1ccc(CC(NS(=O)(=O)c2cccc(C(F)(F)F)c2)c2ncc(-c3ccccc3)[nH]2)cc1. The molecule has 0 aliphatic carbocycles. The van der Waals surface area contributed by atoms with Crippen LogP contribution in [0.2, 0.25) is 0 Å². The molecule has 0 radical (unpaired) electrons. The first-order valence-corrected chi connectivity index (χ1v) is 15.4. The molecule has 1 aliphatic heterocycles. The Hall–Kier alpha value is -4.01. The summed E-state index contributed by atoms with van der Waals surface area (Å²) >= 11 is 0. The number of nitrogens with zero attached hydrogens (tertiary/aromatic N) is 2. The van der Waals surface area contributed by atoms with E-state index in [1.807, 2.05) is 30.3 Å². The molecule has 1 unspecified atom stereocenters. The molecule has 0 saturated carbocycles. The van der Waals surface area contributed by atoms with Crippen LogP contribution in [0.15, 0.2) is 90.0 Å². The van der Waals surface area contributed by atoms with E-state index in [0.29, 0.717) is 17.3 Å². The number of aromatic amines is 1. The third-order valence-corrected chi connectivity index (χ3v) is 9.63. The van der Waals surface area contributed by atoms with Gasteiger partial charge in [-0.1, -0.05) is 48.5 Å². The molecule has 1 aromatic heterocycles. The van der Waals surface area contributed by atoms with Gasteiger partial charge in [-0.25, -0.2) is 30.8 Å². The van der Waals surface area contributed by atoms with Crippen LogP contribution in [0.25, 0.3) is 11.3 Å². The zero-order valence-corrected chi connectivity index (χ0v) is 22.8. The van der Waals surface area contributed by atoms with Crippen molar-refractivity contribution in [1.29, 1.82) is 0 Å². The molecule has 3 aromatic carbocycles. The van der Waals surface area contributed by atoms with Crippen molar-refractivity contribution in [1.82, 2.24) is 14.7 Å². The molecule has 41 heavy (non-hydrogen) atoms. The summed E-state index contributed by atoms with van der Waals surface area (Å²) in [5, 5.41) is 0. The highest BCUT2D eigenvalue weighted by atomic mass is 32.2. The lowest BCUT2D eigenvalue weighted by atomic mass is 10.1. The minimum atomic E-state index is -4.73. The average molecular weight is 605 g/mol. The Morgan fingerprint density at radius 1 is 1.00 bits per heavy atom. The molecule has 4 aromatic rings. The predicted molar refractivity (Wildman–Crippen MR) is 145 cm³/mol. The number of imidazole rings is 1. The molecule has 1 aliphatic rings. The summed E-state index contributed by atoms with van der Waals surface area (Å²) in [4.78, 5) is 19.0. The van der Waals surface area contributed by atoms with Gasteiger partial charge >= 0.3 is 6.18 Å². The number of aromatic nitrogens is 2. The molecule has 9 nitrogen and oxygen atoms in total. The van der Waals surface area contributed by atoms with Crippen molar-refractivity contribution in [2.45, 2.75) is 30.0 Å². The van der Waals surface area contributed by atoms with Crippen LogP contribution in [0, 0.1) is 0 Å². The number of halogens is 3. The molecule has 0 spiro atoms. The van der Waals surface area contributed by atoms with Gasteiger partial charge in [0, 0.05) is 6.42 Å². The molecule has 2 N–H and O–H groups in total. The number of alkyl halides is 3. The molecular weight excluding hydrogens is 581 g/mol. The predicted octanol–water partition coefficient (Wildman–Crippen LogP) is 4.42. The topological polar surface area (TPSA) is 129 Å². The summed E-state index contributed by atoms with van der Waals surface area (Å²) in [6.07, 6.45) is -3.34. The standard InChI is InChI=1S/C27H23F3N4O5S2/c28-27(29,30)20-7-4-8-22(16-20)41(38,39)33-23(26-31-17-24(32-26)19-5-2-1-3-6-19)15-18-9-11-21(12-10-18)34-25(35)13-14-40(34,36)37/h1-12,16-17,23,33H,13-15H2,(H,31,32). The highest BCUT2D eigenvalue weighted by molar-refractivity contribution is 7.94. The van der Waals surface area contributed by atoms with Crippen LogP contribution in [-0.2, 0) is 37.4 Å². The number of sulfonamides is 2. The summed E-state index contributed by atoms with van der Waals surface area (Å²) in [6.45, 7) is 0. The zero-order valence-electron chi connectivity index (χ0n) is 21.2. The molecule has 1 fully saturated rings. The first-order chi connectivity index (χ1) is 19.3. The van der Waals surface area contributed by atoms with Crippen molar-refractivity contribution in [3.63, 3.8) is 0 Å². The smallest absolute Gasteiger partial charge is 0.341 e. The van der Waals surface area contributed by atoms with Gasteiger partial charge in [-0.2, -0.15) is 13.2 Å². The summed E-state index contributed by atoms with van der Waals surface area (Å²) in [7, 11) is -8.22. The number of amides is 1. The number of benzene rings is 3. The van der Waals surface area contributed by atoms with Gasteiger partial charge in [-0.15, -0.1) is 0 Å². The monoisotopic (exact) mass is 604 g/mol. The van der Waals surface area contributed by atoms with E-state index in [9.17, 15) is 34.8 Å². The largest absolute Gasteiger partial charge is 0.416 e. The van der Waals surface area contributed by atoms with Gasteiger partial charge in [0.15, 0.2) is 0 Å². The van der Waals surface area contributed by atoms with E-state index in [1.165, 1.54) is 18.3 Å². The molecule has 214 valence electrons. The molecule has 1 saturated heterocycles. The number of H-pyrrole nitrogens is 1. The molecule has 1 amide bonds. The van der Waals surface area contributed by atoms with Gasteiger partial charge in [-0.3, -0.25) is 4.79 Å². The Labute approximate surface area is 234 Å². The van der Waals surface area contributed by atoms with Crippen LogP contribution < -0.4 is 9.03 Å². The van der Waals surface area contributed by atoms with Gasteiger partial charge < -0.3 is 4.98 Å². The summed E-state index contributed by atoms with van der Waals surface area (Å²) in [6, 6.07) is 17.4. The van der Waals surface area contributed by atoms with Crippen LogP contribution in [0.1, 0.15) is 29.4 Å². The lowest BCUT2D eigenvalue weighted by Gasteiger charge is -2.19. The van der Waals surface area contributed by atoms with Crippen molar-refractivity contribution in [3.8, 4) is 11.3 Å². The second-order valence-corrected chi connectivity index (χ2v) is 13.0. The lowest BCUT2D eigenvalue weighted by Crippen LogP contribution is -2.31. The molecule has 14 heteroatoms. The summed E-state index contributed by atoms with van der Waals surface area (Å²) < 4.78 is 94.0. The zero-order chi connectivity index (χ0) is 29.4. The maximum absolute atomic E-state index is 13.3.